The third-order valence-corrected chi connectivity index (χ3v) is 15.8. The molecule has 4 N–H and O–H groups in total. The summed E-state index contributed by atoms with van der Waals surface area (Å²) in [7, 11) is 0. The van der Waals surface area contributed by atoms with Gasteiger partial charge >= 0.3 is 0 Å². The SMILES string of the molecule is [C-]#[N+]/C(C#N)=C1C(c2c3ccccc3c(N(CCCCCCCC)CCCCCCCC)c3cccc(N)c23)=C([O-])C/1=C1\c2ccccc2C(=[N+](CCCCCCCC)CCCCCCCC)c2cccc(N)c21. The van der Waals surface area contributed by atoms with E-state index in [1.807, 2.05) is 36.4 Å². The molecule has 0 aromatic heterocycles. The molecule has 0 bridgehead atoms. The number of fused-ring (bicyclic) bond motifs is 4. The van der Waals surface area contributed by atoms with Crippen molar-refractivity contribution in [2.75, 3.05) is 42.5 Å². The fourth-order valence-electron chi connectivity index (χ4n) is 11.9. The normalized spacial score (nSPS) is 14.7. The molecule has 0 saturated heterocycles. The van der Waals surface area contributed by atoms with E-state index in [9.17, 15) is 5.26 Å². The van der Waals surface area contributed by atoms with Crippen LogP contribution in [0.25, 0.3) is 37.5 Å². The van der Waals surface area contributed by atoms with Crippen molar-refractivity contribution in [1.82, 2.24) is 0 Å². The minimum atomic E-state index is -0.201. The molecular formula is C67H86N6O. The van der Waals surface area contributed by atoms with Gasteiger partial charge in [0.25, 0.3) is 5.70 Å². The number of hydrogen-bond acceptors (Lipinski definition) is 5. The number of rotatable bonds is 30. The Morgan fingerprint density at radius 2 is 1.00 bits per heavy atom. The third kappa shape index (κ3) is 12.6. The van der Waals surface area contributed by atoms with E-state index in [-0.39, 0.29) is 11.5 Å². The molecule has 0 radical (unpaired) electrons. The van der Waals surface area contributed by atoms with Crippen molar-refractivity contribution in [1.29, 1.82) is 5.26 Å². The van der Waals surface area contributed by atoms with Crippen molar-refractivity contribution in [3.63, 3.8) is 0 Å². The number of nitrogens with two attached hydrogens (primary N) is 2. The van der Waals surface area contributed by atoms with E-state index >= 15 is 5.11 Å². The summed E-state index contributed by atoms with van der Waals surface area (Å²) in [5.41, 5.74) is 23.9. The van der Waals surface area contributed by atoms with Gasteiger partial charge in [-0.15, -0.1) is 0 Å². The van der Waals surface area contributed by atoms with Crippen LogP contribution in [0.4, 0.5) is 17.1 Å². The molecule has 390 valence electrons. The highest BCUT2D eigenvalue weighted by molar-refractivity contribution is 6.27. The lowest BCUT2D eigenvalue weighted by atomic mass is 9.69. The van der Waals surface area contributed by atoms with E-state index in [1.54, 1.807) is 0 Å². The fraction of sp³-hybridized carbons (Fsp3) is 0.478. The standard InChI is InChI=1S/C67H86N6O/c1-6-10-14-18-22-30-44-72(45-31-23-19-15-11-7-2)65-51-38-28-26-36-49(51)60(58-53(65)40-34-42-55(58)69)63-62(57(48-68)71-5)64(67(63)74)61-50-37-27-29-39-52(50)66(54-41-35-43-56(70)59(54)61)73(46-32-24-20-16-12-8-3)47-33-25-21-17-13-9-4/h26-29,34-43H,6-25,30-33,44-47,69-70H2,1-4H3. The average Bonchev–Trinajstić information content (AvgIpc) is 3.46. The van der Waals surface area contributed by atoms with Crippen LogP contribution in [-0.4, -0.2) is 36.5 Å². The van der Waals surface area contributed by atoms with Crippen LogP contribution in [0, 0.1) is 17.9 Å². The Kier molecular flexibility index (Phi) is 21.3. The Morgan fingerprint density at radius 3 is 1.57 bits per heavy atom. The number of anilines is 3. The van der Waals surface area contributed by atoms with Gasteiger partial charge in [-0.25, -0.2) is 14.7 Å². The van der Waals surface area contributed by atoms with Crippen LogP contribution in [0.5, 0.6) is 0 Å². The zero-order valence-corrected chi connectivity index (χ0v) is 45.7. The summed E-state index contributed by atoms with van der Waals surface area (Å²) in [5, 5.41) is 30.6. The van der Waals surface area contributed by atoms with Crippen molar-refractivity contribution in [2.45, 2.75) is 182 Å². The van der Waals surface area contributed by atoms with E-state index < -0.39 is 0 Å². The van der Waals surface area contributed by atoms with Crippen molar-refractivity contribution >= 4 is 55.5 Å². The molecule has 7 rings (SSSR count). The highest BCUT2D eigenvalue weighted by Crippen LogP contribution is 2.56. The minimum Gasteiger partial charge on any atom is -0.872 e. The summed E-state index contributed by atoms with van der Waals surface area (Å²) in [6.07, 6.45) is 29.1. The predicted octanol–water partition coefficient (Wildman–Crippen LogP) is 16.9. The number of hydrogen-bond donors (Lipinski definition) is 2. The van der Waals surface area contributed by atoms with Gasteiger partial charge < -0.3 is 21.5 Å². The number of nitriles is 1. The van der Waals surface area contributed by atoms with Crippen LogP contribution in [0.3, 0.4) is 0 Å². The summed E-state index contributed by atoms with van der Waals surface area (Å²) >= 11 is 0. The topological polar surface area (TPSA) is 110 Å². The van der Waals surface area contributed by atoms with E-state index in [2.05, 4.69) is 96.6 Å². The first-order valence-electron chi connectivity index (χ1n) is 29.1. The van der Waals surface area contributed by atoms with E-state index in [4.69, 9.17) is 18.0 Å². The quantitative estimate of drug-likeness (QED) is 0.0117. The van der Waals surface area contributed by atoms with Gasteiger partial charge in [0.05, 0.1) is 29.5 Å². The molecule has 2 aliphatic rings. The fourth-order valence-corrected chi connectivity index (χ4v) is 11.9. The molecule has 0 heterocycles. The third-order valence-electron chi connectivity index (χ3n) is 15.8. The molecule has 2 aliphatic carbocycles. The van der Waals surface area contributed by atoms with Crippen LogP contribution in [0.2, 0.25) is 0 Å². The van der Waals surface area contributed by atoms with Crippen LogP contribution in [0.15, 0.2) is 108 Å². The van der Waals surface area contributed by atoms with Crippen LogP contribution in [-0.2, 0) is 0 Å². The smallest absolute Gasteiger partial charge is 0.270 e. The zero-order chi connectivity index (χ0) is 52.2. The molecule has 0 saturated carbocycles. The van der Waals surface area contributed by atoms with E-state index in [0.717, 1.165) is 107 Å². The first kappa shape index (κ1) is 55.4. The number of nitrogens with zero attached hydrogens (tertiary/aromatic N) is 4. The summed E-state index contributed by atoms with van der Waals surface area (Å²) in [6, 6.07) is 31.3. The monoisotopic (exact) mass is 991 g/mol. The second kappa shape index (κ2) is 28.4. The maximum atomic E-state index is 15.9. The first-order chi connectivity index (χ1) is 36.4. The van der Waals surface area contributed by atoms with Crippen molar-refractivity contribution in [3.05, 3.63) is 147 Å². The largest absolute Gasteiger partial charge is 0.872 e. The van der Waals surface area contributed by atoms with Gasteiger partial charge in [0.1, 0.15) is 13.1 Å². The van der Waals surface area contributed by atoms with Gasteiger partial charge in [0.2, 0.25) is 5.71 Å². The lowest BCUT2D eigenvalue weighted by molar-refractivity contribution is -0.528. The Balaban J connectivity index is 1.44. The molecule has 0 amide bonds. The maximum Gasteiger partial charge on any atom is 0.270 e. The molecule has 5 aromatic carbocycles. The summed E-state index contributed by atoms with van der Waals surface area (Å²) in [5.74, 6) is -0.201. The highest BCUT2D eigenvalue weighted by atomic mass is 16.3. The number of nitrogen functional groups attached to an aromatic ring is 2. The van der Waals surface area contributed by atoms with Gasteiger partial charge in [-0.3, -0.25) is 0 Å². The molecule has 0 aliphatic heterocycles. The zero-order valence-electron chi connectivity index (χ0n) is 45.7. The van der Waals surface area contributed by atoms with Gasteiger partial charge in [-0.2, -0.15) is 0 Å². The molecule has 0 unspecified atom stereocenters. The Labute approximate surface area is 445 Å². The second-order valence-electron chi connectivity index (χ2n) is 21.1. The average molecular weight is 991 g/mol. The van der Waals surface area contributed by atoms with Crippen molar-refractivity contribution in [2.24, 2.45) is 0 Å². The maximum absolute atomic E-state index is 15.9. The molecular weight excluding hydrogens is 905 g/mol. The van der Waals surface area contributed by atoms with Crippen LogP contribution >= 0.6 is 0 Å². The van der Waals surface area contributed by atoms with Gasteiger partial charge in [0.15, 0.2) is 0 Å². The summed E-state index contributed by atoms with van der Waals surface area (Å²) < 4.78 is 2.60. The second-order valence-corrected chi connectivity index (χ2v) is 21.1. The lowest BCUT2D eigenvalue weighted by Crippen LogP contribution is -2.32. The molecule has 0 fully saturated rings. The molecule has 7 heteroatoms. The van der Waals surface area contributed by atoms with Crippen molar-refractivity contribution < 1.29 is 9.68 Å². The van der Waals surface area contributed by atoms with Crippen molar-refractivity contribution in [3.8, 4) is 6.07 Å². The Hall–Kier alpha value is -6.31. The van der Waals surface area contributed by atoms with Gasteiger partial charge in [-0.1, -0.05) is 210 Å². The predicted molar refractivity (Wildman–Crippen MR) is 314 cm³/mol. The van der Waals surface area contributed by atoms with E-state index in [1.165, 1.54) is 128 Å². The molecule has 7 nitrogen and oxygen atoms in total. The molecule has 0 spiro atoms. The molecule has 0 atom stereocenters. The summed E-state index contributed by atoms with van der Waals surface area (Å²) in [4.78, 5) is 6.51. The number of allylic oxidation sites excluding steroid dienone is 3. The Morgan fingerprint density at radius 1 is 0.527 bits per heavy atom. The highest BCUT2D eigenvalue weighted by Gasteiger charge is 2.40. The molecule has 74 heavy (non-hydrogen) atoms. The number of benzene rings is 5. The lowest BCUT2D eigenvalue weighted by Gasteiger charge is -2.41. The van der Waals surface area contributed by atoms with Crippen LogP contribution in [0.1, 0.15) is 210 Å². The first-order valence-corrected chi connectivity index (χ1v) is 29.1. The van der Waals surface area contributed by atoms with Crippen LogP contribution < -0.4 is 21.5 Å². The van der Waals surface area contributed by atoms with Gasteiger partial charge in [0, 0.05) is 64.6 Å². The summed E-state index contributed by atoms with van der Waals surface area (Å²) in [6.45, 7) is 21.3. The van der Waals surface area contributed by atoms with E-state index in [0.29, 0.717) is 39.2 Å². The Bertz CT molecular complexity index is 2870. The van der Waals surface area contributed by atoms with Gasteiger partial charge in [-0.05, 0) is 83.2 Å². The minimum absolute atomic E-state index is 0.109. The molecule has 5 aromatic rings. The number of unbranched alkanes of at least 4 members (excludes halogenated alkanes) is 20.